The van der Waals surface area contributed by atoms with Crippen LogP contribution in [0.5, 0.6) is 0 Å². The summed E-state index contributed by atoms with van der Waals surface area (Å²) in [6, 6.07) is 17.5. The fourth-order valence-electron chi connectivity index (χ4n) is 5.39. The number of hydrogen-bond donors (Lipinski definition) is 1. The Balaban J connectivity index is 1.60. The summed E-state index contributed by atoms with van der Waals surface area (Å²) in [5, 5.41) is 22.1. The quantitative estimate of drug-likeness (QED) is 0.313. The molecule has 0 spiro atoms. The number of halogens is 1. The molecule has 6 rings (SSSR count). The van der Waals surface area contributed by atoms with Crippen LogP contribution in [-0.4, -0.2) is 57.4 Å². The van der Waals surface area contributed by atoms with E-state index in [1.807, 2.05) is 61.0 Å². The van der Waals surface area contributed by atoms with Crippen molar-refractivity contribution >= 4 is 39.9 Å². The molecule has 0 radical (unpaired) electrons. The molecule has 2 aliphatic heterocycles. The molecule has 0 aliphatic carbocycles. The number of nitrogens with zero attached hydrogens (tertiary/aromatic N) is 5. The number of hydrogen-bond acceptors (Lipinski definition) is 10. The highest BCUT2D eigenvalue weighted by atomic mass is 79.9. The molecule has 6 atom stereocenters. The smallest absolute Gasteiger partial charge is 0.184 e. The Labute approximate surface area is 243 Å². The van der Waals surface area contributed by atoms with Crippen LogP contribution < -0.4 is 0 Å². The van der Waals surface area contributed by atoms with Gasteiger partial charge in [-0.25, -0.2) is 9.67 Å². The fourth-order valence-corrected chi connectivity index (χ4v) is 7.00. The number of benzene rings is 2. The number of fused-ring (bicyclic) bond motifs is 1. The van der Waals surface area contributed by atoms with Gasteiger partial charge >= 0.3 is 0 Å². The number of aromatic nitrogens is 4. The van der Waals surface area contributed by atoms with Crippen molar-refractivity contribution in [2.24, 2.45) is 0 Å². The van der Waals surface area contributed by atoms with Gasteiger partial charge in [0, 0.05) is 33.8 Å². The maximum atomic E-state index is 10.3. The number of rotatable bonds is 5. The van der Waals surface area contributed by atoms with Crippen LogP contribution in [0.2, 0.25) is 0 Å². The molecule has 2 fully saturated rings. The normalized spacial score (nSPS) is 28.5. The minimum absolute atomic E-state index is 0.239. The van der Waals surface area contributed by atoms with Crippen molar-refractivity contribution in [1.29, 1.82) is 5.26 Å². The van der Waals surface area contributed by atoms with E-state index in [0.717, 1.165) is 20.7 Å². The van der Waals surface area contributed by atoms with Gasteiger partial charge in [-0.1, -0.05) is 51.5 Å². The molecule has 2 aliphatic rings. The summed E-state index contributed by atoms with van der Waals surface area (Å²) in [5.74, 6) is 0. The van der Waals surface area contributed by atoms with E-state index in [4.69, 9.17) is 31.6 Å². The summed E-state index contributed by atoms with van der Waals surface area (Å²) in [6.07, 6.45) is -0.818. The number of ether oxygens (including phenoxy) is 4. The van der Waals surface area contributed by atoms with Crippen molar-refractivity contribution in [3.63, 3.8) is 0 Å². The molecule has 2 unspecified atom stereocenters. The molecule has 2 aromatic heterocycles. The summed E-state index contributed by atoms with van der Waals surface area (Å²) in [7, 11) is 1.59. The van der Waals surface area contributed by atoms with Crippen molar-refractivity contribution < 1.29 is 18.9 Å². The highest BCUT2D eigenvalue weighted by Gasteiger charge is 2.63. The summed E-state index contributed by atoms with van der Waals surface area (Å²) in [6.45, 7) is 2.17. The van der Waals surface area contributed by atoms with E-state index in [-0.39, 0.29) is 6.61 Å². The van der Waals surface area contributed by atoms with Gasteiger partial charge in [-0.05, 0) is 25.1 Å². The first-order chi connectivity index (χ1) is 18.9. The van der Waals surface area contributed by atoms with Gasteiger partial charge in [0.15, 0.2) is 6.29 Å². The minimum Gasteiger partial charge on any atom is -0.375 e. The third kappa shape index (κ3) is 4.52. The third-order valence-corrected chi connectivity index (χ3v) is 8.90. The van der Waals surface area contributed by atoms with Gasteiger partial charge in [0.25, 0.3) is 0 Å². The average Bonchev–Trinajstić information content (AvgIpc) is 3.62. The van der Waals surface area contributed by atoms with Crippen molar-refractivity contribution in [3.05, 3.63) is 87.0 Å². The molecule has 0 bridgehead atoms. The van der Waals surface area contributed by atoms with Crippen LogP contribution in [0.4, 0.5) is 0 Å². The Kier molecular flexibility index (Phi) is 7.32. The van der Waals surface area contributed by atoms with Crippen LogP contribution in [0.15, 0.2) is 64.6 Å². The van der Waals surface area contributed by atoms with Crippen molar-refractivity contribution in [2.75, 3.05) is 13.7 Å². The van der Waals surface area contributed by atoms with Crippen LogP contribution >= 0.6 is 39.9 Å². The zero-order chi connectivity index (χ0) is 27.1. The van der Waals surface area contributed by atoms with Crippen LogP contribution in [0.1, 0.15) is 28.7 Å². The molecule has 9 nitrogen and oxygen atoms in total. The monoisotopic (exact) mass is 625 g/mol. The zero-order valence-corrected chi connectivity index (χ0v) is 24.3. The van der Waals surface area contributed by atoms with Gasteiger partial charge in [-0.15, -0.1) is 29.1 Å². The molecular weight excluding hydrogens is 602 g/mol. The third-order valence-electron chi connectivity index (χ3n) is 7.03. The standard InChI is InChI=1S/C27H24BrN5O4S2/c1-15-14-39-24(30-15)20-12-33(32-31-20)27(19-10-18(28)9-8-17(19)11-29)22-21(36-26(38)23(27)34-2)13-35-25(37-22)16-6-4-3-5-7-16/h3-10,12,14,21-23,25-26,38H,13H2,1-2H3/t21-,22+,23+,25?,26-,27?/m1/s1. The lowest BCUT2D eigenvalue weighted by Gasteiger charge is -2.55. The van der Waals surface area contributed by atoms with E-state index < -0.39 is 35.6 Å². The van der Waals surface area contributed by atoms with Gasteiger partial charge in [-0.2, -0.15) is 5.26 Å². The van der Waals surface area contributed by atoms with Gasteiger partial charge in [0.05, 0.1) is 24.4 Å². The Morgan fingerprint density at radius 2 is 2.05 bits per heavy atom. The van der Waals surface area contributed by atoms with E-state index in [1.165, 1.54) is 11.3 Å². The number of thiazole rings is 1. The Morgan fingerprint density at radius 3 is 2.77 bits per heavy atom. The molecule has 39 heavy (non-hydrogen) atoms. The second kappa shape index (κ2) is 10.7. The maximum Gasteiger partial charge on any atom is 0.184 e. The van der Waals surface area contributed by atoms with Gasteiger partial charge in [0.1, 0.15) is 40.0 Å². The first-order valence-electron chi connectivity index (χ1n) is 12.2. The van der Waals surface area contributed by atoms with Crippen molar-refractivity contribution in [1.82, 2.24) is 20.0 Å². The number of nitriles is 1. The van der Waals surface area contributed by atoms with Crippen LogP contribution in [0, 0.1) is 18.3 Å². The SMILES string of the molecule is CO[C@H]1[C@@H](S)O[C@@H]2COC(c3ccccc3)O[C@@H]2C1(c1cc(Br)ccc1C#N)n1cc(-c2nc(C)cs2)nn1. The Morgan fingerprint density at radius 1 is 1.23 bits per heavy atom. The van der Waals surface area contributed by atoms with E-state index in [2.05, 4.69) is 37.3 Å². The van der Waals surface area contributed by atoms with Crippen LogP contribution in [-0.2, 0) is 24.5 Å². The molecule has 4 aromatic rings. The topological polar surface area (TPSA) is 104 Å². The minimum atomic E-state index is -1.21. The lowest BCUT2D eigenvalue weighted by molar-refractivity contribution is -0.323. The lowest BCUT2D eigenvalue weighted by atomic mass is 9.73. The number of thiol groups is 1. The fraction of sp³-hybridized carbons (Fsp3) is 0.333. The first-order valence-corrected chi connectivity index (χ1v) is 14.4. The van der Waals surface area contributed by atoms with Crippen LogP contribution in [0.3, 0.4) is 0 Å². The first kappa shape index (κ1) is 26.6. The van der Waals surface area contributed by atoms with Crippen LogP contribution in [0.25, 0.3) is 10.7 Å². The van der Waals surface area contributed by atoms with E-state index in [0.29, 0.717) is 16.8 Å². The van der Waals surface area contributed by atoms with E-state index in [9.17, 15) is 5.26 Å². The average molecular weight is 627 g/mol. The predicted molar refractivity (Wildman–Crippen MR) is 150 cm³/mol. The molecule has 12 heteroatoms. The van der Waals surface area contributed by atoms with Gasteiger partial charge in [-0.3, -0.25) is 0 Å². The highest BCUT2D eigenvalue weighted by Crippen LogP contribution is 2.50. The number of methoxy groups -OCH3 is 1. The largest absolute Gasteiger partial charge is 0.375 e. The Hall–Kier alpha value is -2.63. The Bertz CT molecular complexity index is 1530. The molecule has 0 saturated carbocycles. The summed E-state index contributed by atoms with van der Waals surface area (Å²) in [5.41, 5.74) is 1.52. The zero-order valence-electron chi connectivity index (χ0n) is 21.0. The molecule has 2 aromatic carbocycles. The molecule has 2 saturated heterocycles. The molecule has 0 amide bonds. The molecule has 200 valence electrons. The summed E-state index contributed by atoms with van der Waals surface area (Å²) >= 11 is 9.90. The van der Waals surface area contributed by atoms with E-state index >= 15 is 0 Å². The summed E-state index contributed by atoms with van der Waals surface area (Å²) in [4.78, 5) is 4.59. The van der Waals surface area contributed by atoms with Crippen molar-refractivity contribution in [3.8, 4) is 16.8 Å². The predicted octanol–water partition coefficient (Wildman–Crippen LogP) is 4.87. The highest BCUT2D eigenvalue weighted by molar-refractivity contribution is 9.10. The second-order valence-corrected chi connectivity index (χ2v) is 11.6. The lowest BCUT2D eigenvalue weighted by Crippen LogP contribution is -2.70. The maximum absolute atomic E-state index is 10.3. The second-order valence-electron chi connectivity index (χ2n) is 9.32. The van der Waals surface area contributed by atoms with Gasteiger partial charge < -0.3 is 18.9 Å². The summed E-state index contributed by atoms with van der Waals surface area (Å²) < 4.78 is 27.8. The van der Waals surface area contributed by atoms with Crippen molar-refractivity contribution in [2.45, 2.75) is 42.5 Å². The van der Waals surface area contributed by atoms with Gasteiger partial charge in [0.2, 0.25) is 0 Å². The molecular formula is C27H24BrN5O4S2. The molecule has 4 heterocycles. The molecule has 0 N–H and O–H groups in total. The van der Waals surface area contributed by atoms with E-state index in [1.54, 1.807) is 17.9 Å². The number of aryl methyl sites for hydroxylation is 1.